The zero-order chi connectivity index (χ0) is 20.3. The summed E-state index contributed by atoms with van der Waals surface area (Å²) in [4.78, 5) is 12.7. The van der Waals surface area contributed by atoms with Crippen LogP contribution in [0.25, 0.3) is 0 Å². The van der Waals surface area contributed by atoms with E-state index >= 15 is 0 Å². The first-order valence-electron chi connectivity index (χ1n) is 10.6. The van der Waals surface area contributed by atoms with Crippen LogP contribution in [0.1, 0.15) is 40.7 Å². The maximum absolute atomic E-state index is 12.7. The summed E-state index contributed by atoms with van der Waals surface area (Å²) in [6.07, 6.45) is 4.75. The fourth-order valence-electron chi connectivity index (χ4n) is 3.59. The molecule has 0 spiro atoms. The fourth-order valence-corrected chi connectivity index (χ4v) is 3.59. The van der Waals surface area contributed by atoms with E-state index in [-0.39, 0.29) is 11.9 Å². The van der Waals surface area contributed by atoms with Gasteiger partial charge in [-0.15, -0.1) is 0 Å². The Hall–Kier alpha value is -2.37. The number of carbonyl (C=O) groups is 1. The minimum atomic E-state index is -0.0324. The number of piperidine rings is 1. The van der Waals surface area contributed by atoms with Gasteiger partial charge in [-0.2, -0.15) is 0 Å². The van der Waals surface area contributed by atoms with Crippen molar-refractivity contribution in [2.75, 3.05) is 33.4 Å². The van der Waals surface area contributed by atoms with Crippen molar-refractivity contribution in [2.45, 2.75) is 38.1 Å². The Balaban J connectivity index is 1.68. The van der Waals surface area contributed by atoms with Gasteiger partial charge in [0.1, 0.15) is 5.75 Å². The number of rotatable bonds is 10. The van der Waals surface area contributed by atoms with Crippen LogP contribution in [0.4, 0.5) is 0 Å². The van der Waals surface area contributed by atoms with Gasteiger partial charge in [-0.3, -0.25) is 4.79 Å². The molecule has 5 nitrogen and oxygen atoms in total. The molecule has 0 unspecified atom stereocenters. The van der Waals surface area contributed by atoms with E-state index in [0.29, 0.717) is 18.8 Å². The van der Waals surface area contributed by atoms with Gasteiger partial charge in [0.25, 0.3) is 5.91 Å². The summed E-state index contributed by atoms with van der Waals surface area (Å²) in [5, 5.41) is 6.47. The molecule has 3 rings (SSSR count). The molecule has 1 fully saturated rings. The smallest absolute Gasteiger partial charge is 0.251 e. The van der Waals surface area contributed by atoms with E-state index in [0.717, 1.165) is 56.5 Å². The van der Waals surface area contributed by atoms with Gasteiger partial charge in [-0.05, 0) is 55.5 Å². The van der Waals surface area contributed by atoms with Crippen molar-refractivity contribution in [2.24, 2.45) is 0 Å². The Labute approximate surface area is 173 Å². The molecular formula is C24H32N2O3. The Morgan fingerprint density at radius 3 is 2.76 bits per heavy atom. The summed E-state index contributed by atoms with van der Waals surface area (Å²) in [5.41, 5.74) is 3.08. The van der Waals surface area contributed by atoms with Crippen LogP contribution >= 0.6 is 0 Å². The second kappa shape index (κ2) is 11.6. The summed E-state index contributed by atoms with van der Waals surface area (Å²) >= 11 is 0. The van der Waals surface area contributed by atoms with Crippen LogP contribution in [0.2, 0.25) is 0 Å². The maximum Gasteiger partial charge on any atom is 0.251 e. The Morgan fingerprint density at radius 1 is 1.14 bits per heavy atom. The highest BCUT2D eigenvalue weighted by molar-refractivity contribution is 5.95. The van der Waals surface area contributed by atoms with Crippen molar-refractivity contribution in [1.29, 1.82) is 0 Å². The molecule has 5 heteroatoms. The SMILES string of the molecule is COCCCOc1cc(C(=O)N[C@@H]2CCCNC2)ccc1CCc1ccccc1. The van der Waals surface area contributed by atoms with E-state index in [1.54, 1.807) is 7.11 Å². The average Bonchev–Trinajstić information content (AvgIpc) is 2.77. The first-order valence-corrected chi connectivity index (χ1v) is 10.6. The molecule has 1 heterocycles. The van der Waals surface area contributed by atoms with Crippen LogP contribution in [0.3, 0.4) is 0 Å². The second-order valence-corrected chi connectivity index (χ2v) is 7.52. The molecule has 2 aromatic rings. The summed E-state index contributed by atoms with van der Waals surface area (Å²) in [6.45, 7) is 3.10. The zero-order valence-corrected chi connectivity index (χ0v) is 17.3. The topological polar surface area (TPSA) is 59.6 Å². The predicted molar refractivity (Wildman–Crippen MR) is 116 cm³/mol. The number of ether oxygens (including phenoxy) is 2. The molecule has 1 aliphatic heterocycles. The molecule has 0 radical (unpaired) electrons. The number of benzene rings is 2. The van der Waals surface area contributed by atoms with Crippen LogP contribution in [-0.2, 0) is 17.6 Å². The van der Waals surface area contributed by atoms with Gasteiger partial charge < -0.3 is 20.1 Å². The first kappa shape index (κ1) is 21.3. The van der Waals surface area contributed by atoms with E-state index < -0.39 is 0 Å². The molecule has 1 atom stereocenters. The van der Waals surface area contributed by atoms with Crippen molar-refractivity contribution in [3.63, 3.8) is 0 Å². The third kappa shape index (κ3) is 6.87. The van der Waals surface area contributed by atoms with Gasteiger partial charge in [0.05, 0.1) is 6.61 Å². The average molecular weight is 397 g/mol. The van der Waals surface area contributed by atoms with E-state index in [1.165, 1.54) is 5.56 Å². The van der Waals surface area contributed by atoms with E-state index in [4.69, 9.17) is 9.47 Å². The van der Waals surface area contributed by atoms with Crippen LogP contribution in [0, 0.1) is 0 Å². The Bertz CT molecular complexity index is 758. The van der Waals surface area contributed by atoms with Crippen molar-refractivity contribution < 1.29 is 14.3 Å². The lowest BCUT2D eigenvalue weighted by Gasteiger charge is -2.24. The lowest BCUT2D eigenvalue weighted by molar-refractivity contribution is 0.0930. The molecule has 156 valence electrons. The monoisotopic (exact) mass is 396 g/mol. The van der Waals surface area contributed by atoms with Gasteiger partial charge >= 0.3 is 0 Å². The summed E-state index contributed by atoms with van der Waals surface area (Å²) in [6, 6.07) is 16.5. The number of amides is 1. The summed E-state index contributed by atoms with van der Waals surface area (Å²) in [5.74, 6) is 0.765. The molecule has 2 aromatic carbocycles. The molecule has 29 heavy (non-hydrogen) atoms. The Kier molecular flexibility index (Phi) is 8.53. The second-order valence-electron chi connectivity index (χ2n) is 7.52. The van der Waals surface area contributed by atoms with Crippen molar-refractivity contribution in [3.05, 3.63) is 65.2 Å². The normalized spacial score (nSPS) is 16.4. The van der Waals surface area contributed by atoms with Crippen LogP contribution in [0.15, 0.2) is 48.5 Å². The van der Waals surface area contributed by atoms with Gasteiger partial charge in [0.2, 0.25) is 0 Å². The largest absolute Gasteiger partial charge is 0.493 e. The Morgan fingerprint density at radius 2 is 2.00 bits per heavy atom. The molecule has 1 amide bonds. The lowest BCUT2D eigenvalue weighted by Crippen LogP contribution is -2.45. The van der Waals surface area contributed by atoms with Gasteiger partial charge in [0, 0.05) is 38.3 Å². The maximum atomic E-state index is 12.7. The number of nitrogens with one attached hydrogen (secondary N) is 2. The van der Waals surface area contributed by atoms with E-state index in [1.807, 2.05) is 24.3 Å². The van der Waals surface area contributed by atoms with Crippen LogP contribution in [0.5, 0.6) is 5.75 Å². The summed E-state index contributed by atoms with van der Waals surface area (Å²) in [7, 11) is 1.69. The fraction of sp³-hybridized carbons (Fsp3) is 0.458. The number of methoxy groups -OCH3 is 1. The van der Waals surface area contributed by atoms with Crippen molar-refractivity contribution in [1.82, 2.24) is 10.6 Å². The number of hydrogen-bond acceptors (Lipinski definition) is 4. The molecular weight excluding hydrogens is 364 g/mol. The highest BCUT2D eigenvalue weighted by Crippen LogP contribution is 2.23. The molecule has 2 N–H and O–H groups in total. The van der Waals surface area contributed by atoms with Gasteiger partial charge in [-0.1, -0.05) is 36.4 Å². The number of aryl methyl sites for hydroxylation is 2. The van der Waals surface area contributed by atoms with E-state index in [2.05, 4.69) is 34.9 Å². The highest BCUT2D eigenvalue weighted by atomic mass is 16.5. The third-order valence-corrected chi connectivity index (χ3v) is 5.24. The summed E-state index contributed by atoms with van der Waals surface area (Å²) < 4.78 is 11.1. The zero-order valence-electron chi connectivity index (χ0n) is 17.3. The molecule has 1 saturated heterocycles. The quantitative estimate of drug-likeness (QED) is 0.605. The van der Waals surface area contributed by atoms with Gasteiger partial charge in [-0.25, -0.2) is 0 Å². The minimum absolute atomic E-state index is 0.0324. The standard InChI is InChI=1S/C24H32N2O3/c1-28-15-6-16-29-23-17-21(24(27)26-22-9-5-14-25-18-22)13-12-20(23)11-10-19-7-3-2-4-8-19/h2-4,7-8,12-13,17,22,25H,5-6,9-11,14-16,18H2,1H3,(H,26,27)/t22-/m1/s1. The first-order chi connectivity index (χ1) is 14.3. The van der Waals surface area contributed by atoms with Gasteiger partial charge in [0.15, 0.2) is 0 Å². The molecule has 0 saturated carbocycles. The van der Waals surface area contributed by atoms with E-state index in [9.17, 15) is 4.79 Å². The molecule has 0 bridgehead atoms. The third-order valence-electron chi connectivity index (χ3n) is 5.24. The molecule has 0 aromatic heterocycles. The molecule has 0 aliphatic carbocycles. The number of carbonyl (C=O) groups excluding carboxylic acids is 1. The van der Waals surface area contributed by atoms with Crippen LogP contribution < -0.4 is 15.4 Å². The van der Waals surface area contributed by atoms with Crippen molar-refractivity contribution in [3.8, 4) is 5.75 Å². The minimum Gasteiger partial charge on any atom is -0.493 e. The highest BCUT2D eigenvalue weighted by Gasteiger charge is 2.17. The number of hydrogen-bond donors (Lipinski definition) is 2. The predicted octanol–water partition coefficient (Wildman–Crippen LogP) is 3.37. The van der Waals surface area contributed by atoms with Crippen molar-refractivity contribution >= 4 is 5.91 Å². The molecule has 1 aliphatic rings. The van der Waals surface area contributed by atoms with Crippen LogP contribution in [-0.4, -0.2) is 45.4 Å². The lowest BCUT2D eigenvalue weighted by atomic mass is 10.0.